The monoisotopic (exact) mass is 311 g/mol. The van der Waals surface area contributed by atoms with Crippen LogP contribution in [-0.4, -0.2) is 22.9 Å². The van der Waals surface area contributed by atoms with Crippen LogP contribution in [-0.2, 0) is 27.4 Å². The zero-order chi connectivity index (χ0) is 16.7. The summed E-state index contributed by atoms with van der Waals surface area (Å²) in [4.78, 5) is 25.4. The van der Waals surface area contributed by atoms with Crippen molar-refractivity contribution in [2.45, 2.75) is 33.0 Å². The summed E-state index contributed by atoms with van der Waals surface area (Å²) in [7, 11) is 0. The van der Waals surface area contributed by atoms with Crippen LogP contribution in [0.25, 0.3) is 0 Å². The van der Waals surface area contributed by atoms with Gasteiger partial charge in [0.05, 0.1) is 0 Å². The molecule has 0 bridgehead atoms. The van der Waals surface area contributed by atoms with Crippen molar-refractivity contribution in [3.8, 4) is 0 Å². The average molecular weight is 311 g/mol. The number of amides is 1. The van der Waals surface area contributed by atoms with Gasteiger partial charge in [-0.25, -0.2) is 0 Å². The SMILES string of the molecule is CC(=O)O[C@H](C)C(=O)N(Cc1ccccc1)Cc1ccccc1. The standard InChI is InChI=1S/C19H21NO3/c1-15(23-16(2)21)19(22)20(13-17-9-5-3-6-10-17)14-18-11-7-4-8-12-18/h3-12,15H,13-14H2,1-2H3/t15-/m1/s1. The molecule has 0 aliphatic rings. The fraction of sp³-hybridized carbons (Fsp3) is 0.263. The molecule has 0 spiro atoms. The predicted octanol–water partition coefficient (Wildman–Crippen LogP) is 3.17. The van der Waals surface area contributed by atoms with E-state index in [-0.39, 0.29) is 5.91 Å². The largest absolute Gasteiger partial charge is 0.453 e. The van der Waals surface area contributed by atoms with Crippen LogP contribution in [0.5, 0.6) is 0 Å². The smallest absolute Gasteiger partial charge is 0.303 e. The molecule has 2 aromatic carbocycles. The first-order valence-electron chi connectivity index (χ1n) is 7.60. The Morgan fingerprint density at radius 2 is 1.35 bits per heavy atom. The lowest BCUT2D eigenvalue weighted by atomic mass is 10.1. The molecular weight excluding hydrogens is 290 g/mol. The summed E-state index contributed by atoms with van der Waals surface area (Å²) in [5.41, 5.74) is 2.07. The van der Waals surface area contributed by atoms with Gasteiger partial charge in [0.15, 0.2) is 6.10 Å². The lowest BCUT2D eigenvalue weighted by molar-refractivity contribution is -0.158. The number of benzene rings is 2. The summed E-state index contributed by atoms with van der Waals surface area (Å²) < 4.78 is 5.04. The molecule has 1 amide bonds. The number of carbonyl (C=O) groups excluding carboxylic acids is 2. The zero-order valence-corrected chi connectivity index (χ0v) is 13.4. The van der Waals surface area contributed by atoms with Crippen molar-refractivity contribution < 1.29 is 14.3 Å². The number of hydrogen-bond donors (Lipinski definition) is 0. The average Bonchev–Trinajstić information content (AvgIpc) is 2.55. The van der Waals surface area contributed by atoms with Gasteiger partial charge >= 0.3 is 5.97 Å². The van der Waals surface area contributed by atoms with E-state index in [1.165, 1.54) is 6.92 Å². The molecule has 0 aromatic heterocycles. The minimum atomic E-state index is -0.792. The van der Waals surface area contributed by atoms with Crippen molar-refractivity contribution in [3.05, 3.63) is 71.8 Å². The van der Waals surface area contributed by atoms with Crippen molar-refractivity contribution in [1.82, 2.24) is 4.90 Å². The number of hydrogen-bond acceptors (Lipinski definition) is 3. The molecule has 0 saturated carbocycles. The quantitative estimate of drug-likeness (QED) is 0.770. The third-order valence-electron chi connectivity index (χ3n) is 3.43. The van der Waals surface area contributed by atoms with E-state index in [0.29, 0.717) is 13.1 Å². The fourth-order valence-electron chi connectivity index (χ4n) is 2.38. The van der Waals surface area contributed by atoms with E-state index in [9.17, 15) is 9.59 Å². The van der Waals surface area contributed by atoms with E-state index in [0.717, 1.165) is 11.1 Å². The Labute approximate surface area is 136 Å². The van der Waals surface area contributed by atoms with Gasteiger partial charge in [0.25, 0.3) is 5.91 Å². The predicted molar refractivity (Wildman–Crippen MR) is 88.4 cm³/mol. The van der Waals surface area contributed by atoms with Crippen LogP contribution in [0, 0.1) is 0 Å². The number of esters is 1. The van der Waals surface area contributed by atoms with Gasteiger partial charge in [-0.15, -0.1) is 0 Å². The zero-order valence-electron chi connectivity index (χ0n) is 13.4. The number of rotatable bonds is 6. The molecule has 0 aliphatic heterocycles. The van der Waals surface area contributed by atoms with Crippen LogP contribution in [0.1, 0.15) is 25.0 Å². The van der Waals surface area contributed by atoms with Gasteiger partial charge in [-0.1, -0.05) is 60.7 Å². The molecular formula is C19H21NO3. The maximum absolute atomic E-state index is 12.6. The molecule has 4 heteroatoms. The van der Waals surface area contributed by atoms with Crippen molar-refractivity contribution in [2.24, 2.45) is 0 Å². The maximum atomic E-state index is 12.6. The molecule has 120 valence electrons. The minimum absolute atomic E-state index is 0.201. The van der Waals surface area contributed by atoms with Crippen LogP contribution in [0.4, 0.5) is 0 Å². The van der Waals surface area contributed by atoms with Gasteiger partial charge in [0.2, 0.25) is 0 Å². The Morgan fingerprint density at radius 3 is 1.74 bits per heavy atom. The molecule has 0 saturated heterocycles. The Morgan fingerprint density at radius 1 is 0.913 bits per heavy atom. The molecule has 0 radical (unpaired) electrons. The third kappa shape index (κ3) is 5.25. The highest BCUT2D eigenvalue weighted by Crippen LogP contribution is 2.12. The maximum Gasteiger partial charge on any atom is 0.303 e. The van der Waals surface area contributed by atoms with Crippen molar-refractivity contribution in [1.29, 1.82) is 0 Å². The normalized spacial score (nSPS) is 11.6. The van der Waals surface area contributed by atoms with Gasteiger partial charge in [0, 0.05) is 20.0 Å². The summed E-state index contributed by atoms with van der Waals surface area (Å²) in [6, 6.07) is 19.5. The highest BCUT2D eigenvalue weighted by atomic mass is 16.5. The second-order valence-electron chi connectivity index (χ2n) is 5.42. The van der Waals surface area contributed by atoms with Crippen LogP contribution in [0.2, 0.25) is 0 Å². The highest BCUT2D eigenvalue weighted by molar-refractivity contribution is 5.83. The van der Waals surface area contributed by atoms with Crippen molar-refractivity contribution in [3.63, 3.8) is 0 Å². The number of ether oxygens (including phenoxy) is 1. The van der Waals surface area contributed by atoms with Crippen LogP contribution in [0.15, 0.2) is 60.7 Å². The van der Waals surface area contributed by atoms with Crippen LogP contribution >= 0.6 is 0 Å². The lowest BCUT2D eigenvalue weighted by Crippen LogP contribution is -2.39. The molecule has 0 aliphatic carbocycles. The summed E-state index contributed by atoms with van der Waals surface area (Å²) in [6.07, 6.45) is -0.792. The van der Waals surface area contributed by atoms with E-state index >= 15 is 0 Å². The Balaban J connectivity index is 2.16. The van der Waals surface area contributed by atoms with E-state index in [1.807, 2.05) is 60.7 Å². The number of nitrogens with zero attached hydrogens (tertiary/aromatic N) is 1. The molecule has 0 N–H and O–H groups in total. The molecule has 4 nitrogen and oxygen atoms in total. The van der Waals surface area contributed by atoms with Gasteiger partial charge in [-0.05, 0) is 18.1 Å². The Kier molecular flexibility index (Phi) is 5.92. The second kappa shape index (κ2) is 8.13. The van der Waals surface area contributed by atoms with Crippen LogP contribution < -0.4 is 0 Å². The van der Waals surface area contributed by atoms with E-state index in [1.54, 1.807) is 11.8 Å². The molecule has 1 atom stereocenters. The van der Waals surface area contributed by atoms with Crippen molar-refractivity contribution in [2.75, 3.05) is 0 Å². The molecule has 2 rings (SSSR count). The molecule has 0 fully saturated rings. The van der Waals surface area contributed by atoms with Crippen molar-refractivity contribution >= 4 is 11.9 Å². The Hall–Kier alpha value is -2.62. The van der Waals surface area contributed by atoms with Gasteiger partial charge < -0.3 is 9.64 Å². The summed E-state index contributed by atoms with van der Waals surface area (Å²) in [6.45, 7) is 3.86. The highest BCUT2D eigenvalue weighted by Gasteiger charge is 2.23. The summed E-state index contributed by atoms with van der Waals surface area (Å²) in [5.74, 6) is -0.655. The third-order valence-corrected chi connectivity index (χ3v) is 3.43. The number of carbonyl (C=O) groups is 2. The van der Waals surface area contributed by atoms with Gasteiger partial charge in [-0.2, -0.15) is 0 Å². The topological polar surface area (TPSA) is 46.6 Å². The van der Waals surface area contributed by atoms with Gasteiger partial charge in [-0.3, -0.25) is 9.59 Å². The molecule has 23 heavy (non-hydrogen) atoms. The molecule has 2 aromatic rings. The molecule has 0 unspecified atom stereocenters. The van der Waals surface area contributed by atoms with E-state index in [4.69, 9.17) is 4.74 Å². The minimum Gasteiger partial charge on any atom is -0.453 e. The first kappa shape index (κ1) is 16.7. The lowest BCUT2D eigenvalue weighted by Gasteiger charge is -2.26. The second-order valence-corrected chi connectivity index (χ2v) is 5.42. The summed E-state index contributed by atoms with van der Waals surface area (Å²) in [5, 5.41) is 0. The van der Waals surface area contributed by atoms with E-state index in [2.05, 4.69) is 0 Å². The molecule has 0 heterocycles. The van der Waals surface area contributed by atoms with Gasteiger partial charge in [0.1, 0.15) is 0 Å². The first-order valence-corrected chi connectivity index (χ1v) is 7.60. The summed E-state index contributed by atoms with van der Waals surface area (Å²) >= 11 is 0. The Bertz CT molecular complexity index is 599. The fourth-order valence-corrected chi connectivity index (χ4v) is 2.38. The van der Waals surface area contributed by atoms with E-state index < -0.39 is 12.1 Å². The first-order chi connectivity index (χ1) is 11.1. The van der Waals surface area contributed by atoms with Crippen LogP contribution in [0.3, 0.4) is 0 Å².